The van der Waals surface area contributed by atoms with E-state index >= 15 is 0 Å². The molecule has 0 aliphatic heterocycles. The molecule has 0 atom stereocenters. The molecule has 31 heavy (non-hydrogen) atoms. The average molecular weight is 408 g/mol. The highest BCUT2D eigenvalue weighted by Crippen LogP contribution is 2.20. The van der Waals surface area contributed by atoms with Gasteiger partial charge in [-0.25, -0.2) is 4.68 Å². The minimum Gasteiger partial charge on any atom is -0.331 e. The minimum absolute atomic E-state index is 0.0230. The number of nitrogens with one attached hydrogen (secondary N) is 1. The van der Waals surface area contributed by atoms with Gasteiger partial charge >= 0.3 is 0 Å². The molecular weight excluding hydrogens is 388 g/mol. The number of amides is 1. The summed E-state index contributed by atoms with van der Waals surface area (Å²) in [5, 5.41) is 8.50. The number of fused-ring (bicyclic) bond motifs is 2. The number of carbonyl (C=O) groups excluding carboxylic acids is 1. The van der Waals surface area contributed by atoms with E-state index in [1.54, 1.807) is 18.3 Å². The van der Waals surface area contributed by atoms with E-state index < -0.39 is 0 Å². The predicted molar refractivity (Wildman–Crippen MR) is 123 cm³/mol. The fourth-order valence-corrected chi connectivity index (χ4v) is 3.95. The lowest BCUT2D eigenvalue weighted by molar-refractivity contribution is -0.116. The summed E-state index contributed by atoms with van der Waals surface area (Å²) in [5.41, 5.74) is 4.02. The number of pyridine rings is 1. The number of hydrogen-bond acceptors (Lipinski definition) is 3. The van der Waals surface area contributed by atoms with Crippen LogP contribution in [-0.4, -0.2) is 20.3 Å². The Kier molecular flexibility index (Phi) is 4.59. The lowest BCUT2D eigenvalue weighted by atomic mass is 10.1. The smallest absolute Gasteiger partial charge is 0.244 e. The van der Waals surface area contributed by atoms with Gasteiger partial charge in [-0.15, -0.1) is 0 Å². The highest BCUT2D eigenvalue weighted by molar-refractivity contribution is 5.97. The van der Waals surface area contributed by atoms with Gasteiger partial charge in [0.15, 0.2) is 5.43 Å². The lowest BCUT2D eigenvalue weighted by Gasteiger charge is -2.15. The van der Waals surface area contributed by atoms with E-state index in [4.69, 9.17) is 0 Å². The molecule has 0 saturated carbocycles. The number of para-hydroxylation sites is 2. The summed E-state index contributed by atoms with van der Waals surface area (Å²) in [6.45, 7) is 2.07. The Bertz CT molecular complexity index is 1440. The molecule has 3 aromatic carbocycles. The summed E-state index contributed by atoms with van der Waals surface area (Å²) in [4.78, 5) is 25.9. The van der Waals surface area contributed by atoms with Crippen molar-refractivity contribution in [2.75, 3.05) is 5.32 Å². The third kappa shape index (κ3) is 3.38. The predicted octanol–water partition coefficient (Wildman–Crippen LogP) is 4.29. The number of nitrogens with zero attached hydrogens (tertiary/aromatic N) is 3. The van der Waals surface area contributed by atoms with Crippen molar-refractivity contribution in [3.8, 4) is 5.69 Å². The summed E-state index contributed by atoms with van der Waals surface area (Å²) in [7, 11) is 0. The number of aryl methyl sites for hydroxylation is 1. The second-order valence-corrected chi connectivity index (χ2v) is 7.43. The number of carbonyl (C=O) groups is 1. The van der Waals surface area contributed by atoms with Crippen molar-refractivity contribution in [3.05, 3.63) is 101 Å². The second kappa shape index (κ2) is 7.57. The van der Waals surface area contributed by atoms with Gasteiger partial charge in [-0.3, -0.25) is 9.59 Å². The van der Waals surface area contributed by atoms with E-state index in [0.717, 1.165) is 22.4 Å². The van der Waals surface area contributed by atoms with Gasteiger partial charge in [-0.05, 0) is 55.5 Å². The van der Waals surface area contributed by atoms with Crippen LogP contribution in [0.1, 0.15) is 5.69 Å². The maximum absolute atomic E-state index is 13.0. The molecule has 1 N–H and O–H groups in total. The zero-order chi connectivity index (χ0) is 21.4. The Morgan fingerprint density at radius 3 is 2.23 bits per heavy atom. The van der Waals surface area contributed by atoms with Crippen molar-refractivity contribution in [2.24, 2.45) is 0 Å². The number of benzene rings is 3. The van der Waals surface area contributed by atoms with Crippen LogP contribution in [0.25, 0.3) is 27.5 Å². The van der Waals surface area contributed by atoms with Crippen LogP contribution in [-0.2, 0) is 11.3 Å². The van der Waals surface area contributed by atoms with Crippen molar-refractivity contribution in [1.82, 2.24) is 14.3 Å². The van der Waals surface area contributed by atoms with Crippen molar-refractivity contribution < 1.29 is 4.79 Å². The Labute approximate surface area is 178 Å². The molecule has 0 spiro atoms. The van der Waals surface area contributed by atoms with Crippen LogP contribution in [0.3, 0.4) is 0 Å². The fraction of sp³-hybridized carbons (Fsp3) is 0.0800. The summed E-state index contributed by atoms with van der Waals surface area (Å²) in [6.07, 6.45) is 1.74. The molecule has 6 nitrogen and oxygen atoms in total. The molecule has 0 unspecified atom stereocenters. The molecular formula is C25H20N4O2. The molecule has 6 heteroatoms. The van der Waals surface area contributed by atoms with E-state index in [1.807, 2.05) is 82.9 Å². The van der Waals surface area contributed by atoms with Crippen molar-refractivity contribution >= 4 is 33.4 Å². The van der Waals surface area contributed by atoms with Gasteiger partial charge in [0.25, 0.3) is 0 Å². The molecule has 0 fully saturated rings. The Hall–Kier alpha value is -4.19. The summed E-state index contributed by atoms with van der Waals surface area (Å²) in [5.74, 6) is -0.173. The van der Waals surface area contributed by atoms with Crippen molar-refractivity contribution in [2.45, 2.75) is 13.5 Å². The van der Waals surface area contributed by atoms with Gasteiger partial charge in [0.05, 0.1) is 16.7 Å². The van der Waals surface area contributed by atoms with Gasteiger partial charge in [-0.1, -0.05) is 30.3 Å². The van der Waals surface area contributed by atoms with Crippen LogP contribution in [0.4, 0.5) is 5.69 Å². The Morgan fingerprint density at radius 2 is 1.58 bits per heavy atom. The highest BCUT2D eigenvalue weighted by atomic mass is 16.2. The van der Waals surface area contributed by atoms with Crippen LogP contribution >= 0.6 is 0 Å². The molecule has 1 amide bonds. The van der Waals surface area contributed by atoms with Gasteiger partial charge in [0.1, 0.15) is 6.54 Å². The standard InChI is InChI=1S/C25H20N4O2/c1-17-13-14-26-29(17)19-8-6-7-18(15-19)27-24(30)16-28-22-11-4-2-9-20(22)25(31)21-10-3-5-12-23(21)28/h2-15H,16H2,1H3,(H,27,30). The molecule has 5 rings (SSSR count). The lowest BCUT2D eigenvalue weighted by Crippen LogP contribution is -2.21. The molecule has 0 aliphatic carbocycles. The maximum atomic E-state index is 13.0. The van der Waals surface area contributed by atoms with Gasteiger partial charge < -0.3 is 9.88 Å². The summed E-state index contributed by atoms with van der Waals surface area (Å²) in [6, 6.07) is 24.3. The minimum atomic E-state index is -0.173. The Balaban J connectivity index is 1.51. The molecule has 0 bridgehead atoms. The molecule has 152 valence electrons. The van der Waals surface area contributed by atoms with Gasteiger partial charge in [0, 0.05) is 28.4 Å². The second-order valence-electron chi connectivity index (χ2n) is 7.43. The van der Waals surface area contributed by atoms with Crippen molar-refractivity contribution in [3.63, 3.8) is 0 Å². The SMILES string of the molecule is Cc1ccnn1-c1cccc(NC(=O)Cn2c3ccccc3c(=O)c3ccccc32)c1. The molecule has 0 saturated heterocycles. The molecule has 0 radical (unpaired) electrons. The zero-order valence-electron chi connectivity index (χ0n) is 16.9. The average Bonchev–Trinajstić information content (AvgIpc) is 3.23. The topological polar surface area (TPSA) is 68.9 Å². The molecule has 2 aromatic heterocycles. The van der Waals surface area contributed by atoms with Gasteiger partial charge in [-0.2, -0.15) is 5.10 Å². The normalized spacial score (nSPS) is 11.1. The van der Waals surface area contributed by atoms with E-state index in [1.165, 1.54) is 0 Å². The van der Waals surface area contributed by atoms with Crippen LogP contribution in [0.5, 0.6) is 0 Å². The summed E-state index contributed by atoms with van der Waals surface area (Å²) < 4.78 is 3.71. The van der Waals surface area contributed by atoms with Crippen LogP contribution in [0.2, 0.25) is 0 Å². The fourth-order valence-electron chi connectivity index (χ4n) is 3.95. The summed E-state index contributed by atoms with van der Waals surface area (Å²) >= 11 is 0. The number of aromatic nitrogens is 3. The number of rotatable bonds is 4. The quantitative estimate of drug-likeness (QED) is 0.451. The van der Waals surface area contributed by atoms with Gasteiger partial charge in [0.2, 0.25) is 5.91 Å². The molecule has 2 heterocycles. The van der Waals surface area contributed by atoms with E-state index in [2.05, 4.69) is 10.4 Å². The first-order valence-corrected chi connectivity index (χ1v) is 10.0. The van der Waals surface area contributed by atoms with E-state index in [0.29, 0.717) is 16.5 Å². The first-order valence-electron chi connectivity index (χ1n) is 10.0. The first-order chi connectivity index (χ1) is 15.1. The first kappa shape index (κ1) is 18.8. The third-order valence-electron chi connectivity index (χ3n) is 5.39. The molecule has 0 aliphatic rings. The van der Waals surface area contributed by atoms with Crippen LogP contribution in [0.15, 0.2) is 89.9 Å². The van der Waals surface area contributed by atoms with Crippen LogP contribution in [0, 0.1) is 6.92 Å². The third-order valence-corrected chi connectivity index (χ3v) is 5.39. The number of anilines is 1. The Morgan fingerprint density at radius 1 is 0.903 bits per heavy atom. The largest absolute Gasteiger partial charge is 0.331 e. The van der Waals surface area contributed by atoms with Crippen LogP contribution < -0.4 is 10.7 Å². The maximum Gasteiger partial charge on any atom is 0.244 e. The van der Waals surface area contributed by atoms with E-state index in [9.17, 15) is 9.59 Å². The monoisotopic (exact) mass is 408 g/mol. The van der Waals surface area contributed by atoms with Crippen molar-refractivity contribution in [1.29, 1.82) is 0 Å². The zero-order valence-corrected chi connectivity index (χ0v) is 16.9. The van der Waals surface area contributed by atoms with E-state index in [-0.39, 0.29) is 17.9 Å². The highest BCUT2D eigenvalue weighted by Gasteiger charge is 2.13. The molecule has 5 aromatic rings. The number of hydrogen-bond donors (Lipinski definition) is 1.